The number of carbonyl (C=O) groups excluding carboxylic acids is 1. The van der Waals surface area contributed by atoms with Crippen LogP contribution in [0, 0.1) is 12.7 Å². The first-order valence-electron chi connectivity index (χ1n) is 8.01. The van der Waals surface area contributed by atoms with E-state index in [1.54, 1.807) is 11.6 Å². The van der Waals surface area contributed by atoms with Crippen molar-refractivity contribution in [2.24, 2.45) is 0 Å². The molecule has 0 saturated carbocycles. The number of thiazole rings is 1. The van der Waals surface area contributed by atoms with Crippen molar-refractivity contribution in [3.05, 3.63) is 64.5 Å². The predicted octanol–water partition coefficient (Wildman–Crippen LogP) is 4.93. The fourth-order valence-electron chi connectivity index (χ4n) is 2.35. The van der Waals surface area contributed by atoms with E-state index in [1.165, 1.54) is 11.3 Å². The van der Waals surface area contributed by atoms with Crippen molar-refractivity contribution in [1.29, 1.82) is 0 Å². The average Bonchev–Trinajstić information content (AvgIpc) is 3.02. The zero-order valence-electron chi connectivity index (χ0n) is 14.5. The van der Waals surface area contributed by atoms with Gasteiger partial charge in [0.2, 0.25) is 5.91 Å². The summed E-state index contributed by atoms with van der Waals surface area (Å²) in [6.07, 6.45) is -3.33. The number of alkyl halides is 3. The number of hydrogen-bond donors (Lipinski definition) is 2. The third-order valence-electron chi connectivity index (χ3n) is 3.60. The molecule has 0 bridgehead atoms. The van der Waals surface area contributed by atoms with Crippen LogP contribution in [-0.4, -0.2) is 15.9 Å². The first kappa shape index (κ1) is 19.7. The molecule has 0 spiro atoms. The van der Waals surface area contributed by atoms with Gasteiger partial charge in [-0.2, -0.15) is 13.2 Å². The summed E-state index contributed by atoms with van der Waals surface area (Å²) >= 11 is 1.27. The SMILES string of the molecule is Cc1ccnc(Nc2nc(CC(=O)Nc3ccc(F)c(C(F)(F)F)c3)cs2)c1. The fraction of sp³-hybridized carbons (Fsp3) is 0.167. The number of rotatable bonds is 5. The summed E-state index contributed by atoms with van der Waals surface area (Å²) in [7, 11) is 0. The van der Waals surface area contributed by atoms with E-state index in [-0.39, 0.29) is 12.1 Å². The van der Waals surface area contributed by atoms with Gasteiger partial charge in [-0.15, -0.1) is 11.3 Å². The molecule has 0 unspecified atom stereocenters. The smallest absolute Gasteiger partial charge is 0.326 e. The van der Waals surface area contributed by atoms with Crippen molar-refractivity contribution in [3.63, 3.8) is 0 Å². The number of aryl methyl sites for hydroxylation is 1. The third-order valence-corrected chi connectivity index (χ3v) is 4.41. The van der Waals surface area contributed by atoms with Gasteiger partial charge in [0.25, 0.3) is 0 Å². The average molecular weight is 410 g/mol. The zero-order valence-corrected chi connectivity index (χ0v) is 15.3. The van der Waals surface area contributed by atoms with Crippen LogP contribution in [-0.2, 0) is 17.4 Å². The molecule has 2 aromatic heterocycles. The van der Waals surface area contributed by atoms with E-state index in [9.17, 15) is 22.4 Å². The van der Waals surface area contributed by atoms with Gasteiger partial charge in [-0.25, -0.2) is 14.4 Å². The minimum Gasteiger partial charge on any atom is -0.326 e. The number of pyridine rings is 1. The summed E-state index contributed by atoms with van der Waals surface area (Å²) in [6.45, 7) is 1.92. The Hall–Kier alpha value is -3.01. The molecule has 1 aromatic carbocycles. The van der Waals surface area contributed by atoms with Gasteiger partial charge in [0.05, 0.1) is 17.7 Å². The first-order valence-corrected chi connectivity index (χ1v) is 8.89. The molecule has 2 N–H and O–H groups in total. The molecule has 0 fully saturated rings. The molecule has 5 nitrogen and oxygen atoms in total. The number of anilines is 3. The standard InChI is InChI=1S/C18H14F4N4OS/c1-10-4-5-23-15(6-10)26-17-25-12(9-28-17)8-16(27)24-11-2-3-14(19)13(7-11)18(20,21)22/h2-7,9H,8H2,1H3,(H,24,27)(H,23,25,26). The minimum atomic E-state index is -4.84. The molecule has 3 aromatic rings. The van der Waals surface area contributed by atoms with Crippen molar-refractivity contribution in [2.75, 3.05) is 10.6 Å². The maximum absolute atomic E-state index is 13.3. The summed E-state index contributed by atoms with van der Waals surface area (Å²) in [5.74, 6) is -1.35. The van der Waals surface area contributed by atoms with E-state index in [0.29, 0.717) is 28.8 Å². The number of halogens is 4. The van der Waals surface area contributed by atoms with Crippen LogP contribution in [0.1, 0.15) is 16.8 Å². The predicted molar refractivity (Wildman–Crippen MR) is 98.1 cm³/mol. The largest absolute Gasteiger partial charge is 0.419 e. The van der Waals surface area contributed by atoms with Crippen molar-refractivity contribution in [3.8, 4) is 0 Å². The molecule has 2 heterocycles. The molecular formula is C18H14F4N4OS. The summed E-state index contributed by atoms with van der Waals surface area (Å²) in [6, 6.07) is 5.98. The van der Waals surface area contributed by atoms with Crippen molar-refractivity contribution < 1.29 is 22.4 Å². The van der Waals surface area contributed by atoms with Crippen LogP contribution in [0.25, 0.3) is 0 Å². The van der Waals surface area contributed by atoms with E-state index < -0.39 is 23.5 Å². The molecule has 0 radical (unpaired) electrons. The second kappa shape index (κ2) is 7.93. The second-order valence-electron chi connectivity index (χ2n) is 5.90. The van der Waals surface area contributed by atoms with E-state index in [0.717, 1.165) is 11.6 Å². The molecule has 3 rings (SSSR count). The highest BCUT2D eigenvalue weighted by Crippen LogP contribution is 2.33. The van der Waals surface area contributed by atoms with Gasteiger partial charge < -0.3 is 10.6 Å². The highest BCUT2D eigenvalue weighted by Gasteiger charge is 2.34. The second-order valence-corrected chi connectivity index (χ2v) is 6.76. The van der Waals surface area contributed by atoms with Gasteiger partial charge in [0, 0.05) is 17.3 Å². The fourth-order valence-corrected chi connectivity index (χ4v) is 3.07. The topological polar surface area (TPSA) is 66.9 Å². The van der Waals surface area contributed by atoms with E-state index >= 15 is 0 Å². The Kier molecular flexibility index (Phi) is 5.59. The Labute approximate surface area is 161 Å². The molecule has 0 aliphatic heterocycles. The van der Waals surface area contributed by atoms with Crippen LogP contribution in [0.5, 0.6) is 0 Å². The Bertz CT molecular complexity index is 1000. The Balaban J connectivity index is 1.64. The Morgan fingerprint density at radius 1 is 1.21 bits per heavy atom. The maximum atomic E-state index is 13.3. The Morgan fingerprint density at radius 3 is 2.71 bits per heavy atom. The summed E-state index contributed by atoms with van der Waals surface area (Å²) in [5.41, 5.74) is -0.116. The van der Waals surface area contributed by atoms with Gasteiger partial charge in [-0.05, 0) is 42.8 Å². The summed E-state index contributed by atoms with van der Waals surface area (Å²) in [5, 5.41) is 7.53. The van der Waals surface area contributed by atoms with E-state index in [4.69, 9.17) is 0 Å². The molecule has 0 saturated heterocycles. The van der Waals surface area contributed by atoms with Crippen LogP contribution in [0.4, 0.5) is 34.2 Å². The number of benzene rings is 1. The van der Waals surface area contributed by atoms with Crippen LogP contribution in [0.2, 0.25) is 0 Å². The van der Waals surface area contributed by atoms with Gasteiger partial charge in [-0.3, -0.25) is 4.79 Å². The number of carbonyl (C=O) groups is 1. The summed E-state index contributed by atoms with van der Waals surface area (Å²) < 4.78 is 51.5. The zero-order chi connectivity index (χ0) is 20.3. The monoisotopic (exact) mass is 410 g/mol. The molecule has 0 aliphatic carbocycles. The lowest BCUT2D eigenvalue weighted by Crippen LogP contribution is -2.16. The van der Waals surface area contributed by atoms with E-state index in [2.05, 4.69) is 20.6 Å². The quantitative estimate of drug-likeness (QED) is 0.586. The highest BCUT2D eigenvalue weighted by molar-refractivity contribution is 7.13. The van der Waals surface area contributed by atoms with Gasteiger partial charge in [0.1, 0.15) is 11.6 Å². The third kappa shape index (κ3) is 5.03. The van der Waals surface area contributed by atoms with Crippen LogP contribution in [0.15, 0.2) is 41.9 Å². The molecule has 146 valence electrons. The lowest BCUT2D eigenvalue weighted by molar-refractivity contribution is -0.140. The normalized spacial score (nSPS) is 11.3. The number of amides is 1. The number of aromatic nitrogens is 2. The van der Waals surface area contributed by atoms with Crippen molar-refractivity contribution >= 4 is 33.9 Å². The van der Waals surface area contributed by atoms with Crippen LogP contribution >= 0.6 is 11.3 Å². The van der Waals surface area contributed by atoms with Gasteiger partial charge in [0.15, 0.2) is 5.13 Å². The lowest BCUT2D eigenvalue weighted by Gasteiger charge is -2.10. The summed E-state index contributed by atoms with van der Waals surface area (Å²) in [4.78, 5) is 20.5. The van der Waals surface area contributed by atoms with Gasteiger partial charge in [-0.1, -0.05) is 0 Å². The molecule has 10 heteroatoms. The van der Waals surface area contributed by atoms with Crippen molar-refractivity contribution in [2.45, 2.75) is 19.5 Å². The molecule has 0 atom stereocenters. The number of hydrogen-bond acceptors (Lipinski definition) is 5. The maximum Gasteiger partial charge on any atom is 0.419 e. The van der Waals surface area contributed by atoms with Crippen LogP contribution < -0.4 is 10.6 Å². The van der Waals surface area contributed by atoms with Crippen LogP contribution in [0.3, 0.4) is 0 Å². The van der Waals surface area contributed by atoms with Crippen molar-refractivity contribution in [1.82, 2.24) is 9.97 Å². The number of nitrogens with zero attached hydrogens (tertiary/aromatic N) is 2. The minimum absolute atomic E-state index is 0.141. The Morgan fingerprint density at radius 2 is 2.00 bits per heavy atom. The van der Waals surface area contributed by atoms with E-state index in [1.807, 2.05) is 19.1 Å². The molecule has 0 aliphatic rings. The van der Waals surface area contributed by atoms with Gasteiger partial charge >= 0.3 is 6.18 Å². The molecule has 28 heavy (non-hydrogen) atoms. The lowest BCUT2D eigenvalue weighted by atomic mass is 10.1. The first-order chi connectivity index (χ1) is 13.2. The highest BCUT2D eigenvalue weighted by atomic mass is 32.1. The number of nitrogens with one attached hydrogen (secondary N) is 2. The molecule has 1 amide bonds. The molecular weight excluding hydrogens is 396 g/mol.